The van der Waals surface area contributed by atoms with Crippen LogP contribution in [-0.2, 0) is 16.4 Å². The molecule has 0 aliphatic carbocycles. The summed E-state index contributed by atoms with van der Waals surface area (Å²) in [6.07, 6.45) is 0.677. The highest BCUT2D eigenvalue weighted by atomic mass is 79.9. The minimum atomic E-state index is -4.23. The van der Waals surface area contributed by atoms with Crippen molar-refractivity contribution in [2.24, 2.45) is 0 Å². The van der Waals surface area contributed by atoms with E-state index in [1.165, 1.54) is 15.6 Å². The Morgan fingerprint density at radius 2 is 1.79 bits per heavy atom. The molecule has 0 saturated carbocycles. The average molecular weight is 623 g/mol. The molecule has 1 saturated heterocycles. The maximum Gasteiger partial charge on any atom is 0.247 e. The number of methoxy groups -OCH3 is 1. The molecule has 2 heterocycles. The quantitative estimate of drug-likeness (QED) is 0.360. The highest BCUT2D eigenvalue weighted by molar-refractivity contribution is 9.11. The van der Waals surface area contributed by atoms with Crippen molar-refractivity contribution in [1.29, 1.82) is 0 Å². The average Bonchev–Trinajstić information content (AvgIpc) is 3.27. The lowest BCUT2D eigenvalue weighted by atomic mass is 10.1. The number of sulfonamides is 1. The van der Waals surface area contributed by atoms with Crippen molar-refractivity contribution in [1.82, 2.24) is 9.29 Å². The van der Waals surface area contributed by atoms with Crippen LogP contribution in [0.25, 0.3) is 0 Å². The summed E-state index contributed by atoms with van der Waals surface area (Å²) in [6.45, 7) is 1.06. The Bertz CT molecular complexity index is 1240. The lowest BCUT2D eigenvalue weighted by molar-refractivity contribution is 0.381. The molecule has 1 fully saturated rings. The molecule has 0 radical (unpaired) electrons. The van der Waals surface area contributed by atoms with E-state index in [9.17, 15) is 17.2 Å². The zero-order valence-electron chi connectivity index (χ0n) is 17.4. The number of rotatable bonds is 6. The van der Waals surface area contributed by atoms with Gasteiger partial charge in [-0.15, -0.1) is 11.3 Å². The second-order valence-electron chi connectivity index (χ2n) is 7.33. The Balaban J connectivity index is 1.44. The van der Waals surface area contributed by atoms with Crippen LogP contribution in [0.3, 0.4) is 0 Å². The standard InChI is InChI=1S/C21H19Br2F2N3O3S2/c1-31-15-4-2-13(3-5-15)10-14-12-32-21(26-14)27-6-8-28(9-7-27)33(29,30)20-18(23)17(24)11-16(22)19(20)25/h2-5,11-12H,6-10H2,1H3. The lowest BCUT2D eigenvalue weighted by Crippen LogP contribution is -2.49. The fourth-order valence-electron chi connectivity index (χ4n) is 3.50. The first-order valence-corrected chi connectivity index (χ1v) is 13.8. The molecule has 1 aliphatic rings. The molecule has 2 aromatic carbocycles. The minimum absolute atomic E-state index is 0.135. The van der Waals surface area contributed by atoms with E-state index in [1.807, 2.05) is 34.5 Å². The van der Waals surface area contributed by atoms with Crippen molar-refractivity contribution in [2.45, 2.75) is 11.3 Å². The first kappa shape index (κ1) is 24.5. The molecule has 0 bridgehead atoms. The fraction of sp³-hybridized carbons (Fsp3) is 0.286. The number of aromatic nitrogens is 1. The molecule has 6 nitrogen and oxygen atoms in total. The number of anilines is 1. The summed E-state index contributed by atoms with van der Waals surface area (Å²) in [4.78, 5) is 6.00. The number of halogens is 4. The molecule has 1 aromatic heterocycles. The van der Waals surface area contributed by atoms with Gasteiger partial charge in [0.25, 0.3) is 0 Å². The molecule has 4 rings (SSSR count). The topological polar surface area (TPSA) is 62.7 Å². The number of nitrogens with zero attached hydrogens (tertiary/aromatic N) is 3. The second kappa shape index (κ2) is 9.95. The molecule has 3 aromatic rings. The molecular formula is C21H19Br2F2N3O3S2. The van der Waals surface area contributed by atoms with Gasteiger partial charge in [0.15, 0.2) is 10.9 Å². The van der Waals surface area contributed by atoms with Crippen LogP contribution in [0.5, 0.6) is 5.75 Å². The Labute approximate surface area is 211 Å². The van der Waals surface area contributed by atoms with Crippen LogP contribution in [0.2, 0.25) is 0 Å². The van der Waals surface area contributed by atoms with Crippen LogP contribution in [0.1, 0.15) is 11.3 Å². The summed E-state index contributed by atoms with van der Waals surface area (Å²) in [5, 5.41) is 2.79. The molecule has 0 spiro atoms. The molecule has 176 valence electrons. The Kier molecular flexibility index (Phi) is 7.39. The van der Waals surface area contributed by atoms with Gasteiger partial charge in [-0.3, -0.25) is 0 Å². The van der Waals surface area contributed by atoms with Gasteiger partial charge >= 0.3 is 0 Å². The molecule has 0 amide bonds. The first-order valence-electron chi connectivity index (χ1n) is 9.86. The van der Waals surface area contributed by atoms with Crippen molar-refractivity contribution in [3.63, 3.8) is 0 Å². The van der Waals surface area contributed by atoms with Crippen LogP contribution in [0, 0.1) is 11.6 Å². The molecule has 1 aliphatic heterocycles. The highest BCUT2D eigenvalue weighted by Crippen LogP contribution is 2.35. The molecule has 0 unspecified atom stereocenters. The van der Waals surface area contributed by atoms with E-state index in [0.717, 1.165) is 28.2 Å². The monoisotopic (exact) mass is 621 g/mol. The van der Waals surface area contributed by atoms with Crippen molar-refractivity contribution in [3.8, 4) is 5.75 Å². The van der Waals surface area contributed by atoms with Crippen molar-refractivity contribution in [3.05, 3.63) is 67.5 Å². The van der Waals surface area contributed by atoms with Gasteiger partial charge in [0.05, 0.1) is 21.7 Å². The number of hydrogen-bond acceptors (Lipinski definition) is 6. The van der Waals surface area contributed by atoms with Crippen LogP contribution < -0.4 is 9.64 Å². The van der Waals surface area contributed by atoms with E-state index in [1.54, 1.807) is 7.11 Å². The smallest absolute Gasteiger partial charge is 0.247 e. The van der Waals surface area contributed by atoms with Crippen LogP contribution in [0.15, 0.2) is 49.6 Å². The fourth-order valence-corrected chi connectivity index (χ4v) is 7.38. The zero-order valence-corrected chi connectivity index (χ0v) is 22.2. The molecular weight excluding hydrogens is 604 g/mol. The van der Waals surface area contributed by atoms with Crippen LogP contribution in [-0.4, -0.2) is 51.0 Å². The van der Waals surface area contributed by atoms with Gasteiger partial charge < -0.3 is 9.64 Å². The minimum Gasteiger partial charge on any atom is -0.497 e. The lowest BCUT2D eigenvalue weighted by Gasteiger charge is -2.34. The number of benzene rings is 2. The summed E-state index contributed by atoms with van der Waals surface area (Å²) in [6, 6.07) is 8.68. The van der Waals surface area contributed by atoms with E-state index in [0.29, 0.717) is 19.5 Å². The third kappa shape index (κ3) is 5.09. The van der Waals surface area contributed by atoms with Crippen molar-refractivity contribution in [2.75, 3.05) is 38.2 Å². The summed E-state index contributed by atoms with van der Waals surface area (Å²) >= 11 is 7.26. The predicted octanol–water partition coefficient (Wildman–Crippen LogP) is 5.06. The largest absolute Gasteiger partial charge is 0.497 e. The Morgan fingerprint density at radius 1 is 1.12 bits per heavy atom. The van der Waals surface area contributed by atoms with Crippen LogP contribution in [0.4, 0.5) is 13.9 Å². The predicted molar refractivity (Wildman–Crippen MR) is 131 cm³/mol. The maximum atomic E-state index is 14.6. The molecule has 33 heavy (non-hydrogen) atoms. The number of hydrogen-bond donors (Lipinski definition) is 0. The summed E-state index contributed by atoms with van der Waals surface area (Å²) in [5.41, 5.74) is 2.03. The van der Waals surface area contributed by atoms with E-state index >= 15 is 0 Å². The molecule has 12 heteroatoms. The second-order valence-corrected chi connectivity index (χ2v) is 11.7. The maximum absolute atomic E-state index is 14.6. The van der Waals surface area contributed by atoms with Crippen LogP contribution >= 0.6 is 43.2 Å². The van der Waals surface area contributed by atoms with Gasteiger partial charge in [0.1, 0.15) is 16.5 Å². The van der Waals surface area contributed by atoms with E-state index in [-0.39, 0.29) is 17.6 Å². The zero-order chi connectivity index (χ0) is 23.8. The van der Waals surface area contributed by atoms with Gasteiger partial charge in [0, 0.05) is 38.0 Å². The van der Waals surface area contributed by atoms with Gasteiger partial charge in [-0.05, 0) is 55.6 Å². The summed E-state index contributed by atoms with van der Waals surface area (Å²) in [7, 11) is -2.60. The van der Waals surface area contributed by atoms with E-state index < -0.39 is 31.0 Å². The summed E-state index contributed by atoms with van der Waals surface area (Å²) < 4.78 is 60.4. The van der Waals surface area contributed by atoms with Gasteiger partial charge in [-0.2, -0.15) is 4.31 Å². The third-order valence-corrected chi connectivity index (χ3v) is 9.77. The molecule has 0 N–H and O–H groups in total. The number of thiazole rings is 1. The third-order valence-electron chi connectivity index (χ3n) is 5.26. The highest BCUT2D eigenvalue weighted by Gasteiger charge is 2.35. The normalized spacial score (nSPS) is 15.1. The van der Waals surface area contributed by atoms with E-state index in [2.05, 4.69) is 31.9 Å². The Hall–Kier alpha value is -1.60. The SMILES string of the molecule is COc1ccc(Cc2csc(N3CCN(S(=O)(=O)c4c(F)c(Br)cc(F)c4Br)CC3)n2)cc1. The van der Waals surface area contributed by atoms with Crippen molar-refractivity contribution < 1.29 is 21.9 Å². The van der Waals surface area contributed by atoms with Gasteiger partial charge in [0.2, 0.25) is 10.0 Å². The summed E-state index contributed by atoms with van der Waals surface area (Å²) in [5.74, 6) is -1.08. The number of piperazine rings is 1. The van der Waals surface area contributed by atoms with Gasteiger partial charge in [-0.1, -0.05) is 12.1 Å². The van der Waals surface area contributed by atoms with Crippen molar-refractivity contribution >= 4 is 58.4 Å². The first-order chi connectivity index (χ1) is 15.7. The number of ether oxygens (including phenoxy) is 1. The Morgan fingerprint density at radius 3 is 2.42 bits per heavy atom. The van der Waals surface area contributed by atoms with E-state index in [4.69, 9.17) is 9.72 Å². The molecule has 0 atom stereocenters. The van der Waals surface area contributed by atoms with Gasteiger partial charge in [-0.25, -0.2) is 22.2 Å².